The number of rotatable bonds is 6. The van der Waals surface area contributed by atoms with Crippen molar-refractivity contribution in [3.63, 3.8) is 0 Å². The van der Waals surface area contributed by atoms with Gasteiger partial charge in [0, 0.05) is 0 Å². The van der Waals surface area contributed by atoms with Gasteiger partial charge >= 0.3 is 18.0 Å². The summed E-state index contributed by atoms with van der Waals surface area (Å²) >= 11 is 0. The third-order valence-electron chi connectivity index (χ3n) is 2.39. The maximum Gasteiger partial charge on any atom is 0.326 e. The number of nitrogens with one attached hydrogen (secondary N) is 2. The second kappa shape index (κ2) is 7.48. The van der Waals surface area contributed by atoms with Gasteiger partial charge in [0.15, 0.2) is 0 Å². The fourth-order valence-electron chi connectivity index (χ4n) is 1.10. The van der Waals surface area contributed by atoms with Crippen molar-refractivity contribution < 1.29 is 24.2 Å². The maximum absolute atomic E-state index is 11.3. The fourth-order valence-corrected chi connectivity index (χ4v) is 1.10. The minimum Gasteiger partial charge on any atom is -0.480 e. The third kappa shape index (κ3) is 5.74. The van der Waals surface area contributed by atoms with Gasteiger partial charge in [0.25, 0.3) is 0 Å². The predicted molar refractivity (Wildman–Crippen MR) is 59.4 cm³/mol. The summed E-state index contributed by atoms with van der Waals surface area (Å²) in [5, 5.41) is 13.4. The first kappa shape index (κ1) is 15.2. The molecule has 0 fully saturated rings. The second-order valence-electron chi connectivity index (χ2n) is 3.60. The van der Waals surface area contributed by atoms with Gasteiger partial charge in [-0.25, -0.2) is 9.59 Å². The van der Waals surface area contributed by atoms with E-state index in [4.69, 9.17) is 5.11 Å². The van der Waals surface area contributed by atoms with Crippen LogP contribution < -0.4 is 10.6 Å². The number of urea groups is 1. The molecular formula is C10H18N2O5. The standard InChI is InChI=1S/C10H18N2O5/c1-4-6(2)8(9(14)15)12-10(16)11-5-7(13)17-3/h6,8H,4-5H2,1-3H3,(H,14,15)(H2,11,12,16). The van der Waals surface area contributed by atoms with Crippen molar-refractivity contribution in [2.24, 2.45) is 5.92 Å². The molecule has 0 bridgehead atoms. The van der Waals surface area contributed by atoms with Crippen LogP contribution in [0.5, 0.6) is 0 Å². The summed E-state index contributed by atoms with van der Waals surface area (Å²) in [6.07, 6.45) is 0.619. The highest BCUT2D eigenvalue weighted by molar-refractivity contribution is 5.85. The highest BCUT2D eigenvalue weighted by atomic mass is 16.5. The number of ether oxygens (including phenoxy) is 1. The summed E-state index contributed by atoms with van der Waals surface area (Å²) in [6, 6.07) is -1.68. The van der Waals surface area contributed by atoms with E-state index in [1.807, 2.05) is 6.92 Å². The van der Waals surface area contributed by atoms with Crippen molar-refractivity contribution in [2.75, 3.05) is 13.7 Å². The SMILES string of the molecule is CCC(C)C(NC(=O)NCC(=O)OC)C(=O)O. The fraction of sp³-hybridized carbons (Fsp3) is 0.700. The van der Waals surface area contributed by atoms with E-state index in [1.165, 1.54) is 7.11 Å². The lowest BCUT2D eigenvalue weighted by Gasteiger charge is -2.20. The lowest BCUT2D eigenvalue weighted by atomic mass is 9.99. The van der Waals surface area contributed by atoms with Gasteiger partial charge in [-0.15, -0.1) is 0 Å². The predicted octanol–water partition coefficient (Wildman–Crippen LogP) is -0.0421. The van der Waals surface area contributed by atoms with Gasteiger partial charge in [-0.05, 0) is 5.92 Å². The first-order valence-corrected chi connectivity index (χ1v) is 5.26. The van der Waals surface area contributed by atoms with Crippen LogP contribution in [0.25, 0.3) is 0 Å². The number of hydrogen-bond acceptors (Lipinski definition) is 4. The molecule has 0 saturated carbocycles. The van der Waals surface area contributed by atoms with E-state index < -0.39 is 24.0 Å². The van der Waals surface area contributed by atoms with Crippen molar-refractivity contribution >= 4 is 18.0 Å². The molecule has 0 aromatic heterocycles. The Morgan fingerprint density at radius 3 is 2.35 bits per heavy atom. The summed E-state index contributed by atoms with van der Waals surface area (Å²) in [4.78, 5) is 32.9. The van der Waals surface area contributed by atoms with E-state index in [1.54, 1.807) is 6.92 Å². The molecule has 0 aromatic rings. The quantitative estimate of drug-likeness (QED) is 0.570. The van der Waals surface area contributed by atoms with E-state index in [0.29, 0.717) is 6.42 Å². The van der Waals surface area contributed by atoms with Gasteiger partial charge < -0.3 is 20.5 Å². The van der Waals surface area contributed by atoms with Crippen LogP contribution in [0.4, 0.5) is 4.79 Å². The summed E-state index contributed by atoms with van der Waals surface area (Å²) in [7, 11) is 1.20. The van der Waals surface area contributed by atoms with Crippen molar-refractivity contribution in [1.82, 2.24) is 10.6 Å². The molecule has 0 saturated heterocycles. The molecule has 3 N–H and O–H groups in total. The zero-order valence-corrected chi connectivity index (χ0v) is 10.1. The molecule has 0 aromatic carbocycles. The topological polar surface area (TPSA) is 105 Å². The molecule has 0 aliphatic rings. The average molecular weight is 246 g/mol. The summed E-state index contributed by atoms with van der Waals surface area (Å²) < 4.78 is 4.32. The summed E-state index contributed by atoms with van der Waals surface area (Å²) in [5.41, 5.74) is 0. The summed E-state index contributed by atoms with van der Waals surface area (Å²) in [6.45, 7) is 3.25. The van der Waals surface area contributed by atoms with Crippen LogP contribution in [0.2, 0.25) is 0 Å². The second-order valence-corrected chi connectivity index (χ2v) is 3.60. The molecule has 17 heavy (non-hydrogen) atoms. The van der Waals surface area contributed by atoms with Crippen molar-refractivity contribution in [1.29, 1.82) is 0 Å². The van der Waals surface area contributed by atoms with Crippen LogP contribution in [-0.4, -0.2) is 42.8 Å². The molecule has 7 nitrogen and oxygen atoms in total. The Hall–Kier alpha value is -1.79. The Morgan fingerprint density at radius 1 is 1.35 bits per heavy atom. The first-order chi connectivity index (χ1) is 7.92. The third-order valence-corrected chi connectivity index (χ3v) is 2.39. The minimum atomic E-state index is -1.10. The molecule has 0 spiro atoms. The number of carboxylic acids is 1. The van der Waals surface area contributed by atoms with Crippen LogP contribution in [0.1, 0.15) is 20.3 Å². The van der Waals surface area contributed by atoms with E-state index in [9.17, 15) is 14.4 Å². The minimum absolute atomic E-state index is 0.198. The summed E-state index contributed by atoms with van der Waals surface area (Å²) in [5.74, 6) is -1.90. The largest absolute Gasteiger partial charge is 0.480 e. The van der Waals surface area contributed by atoms with Gasteiger partial charge in [-0.3, -0.25) is 4.79 Å². The Labute approximate surface area is 99.5 Å². The lowest BCUT2D eigenvalue weighted by Crippen LogP contribution is -2.50. The number of methoxy groups -OCH3 is 1. The first-order valence-electron chi connectivity index (χ1n) is 5.26. The molecule has 7 heteroatoms. The van der Waals surface area contributed by atoms with Crippen LogP contribution in [-0.2, 0) is 14.3 Å². The van der Waals surface area contributed by atoms with E-state index in [-0.39, 0.29) is 12.5 Å². The Morgan fingerprint density at radius 2 is 1.94 bits per heavy atom. The normalized spacial score (nSPS) is 13.4. The smallest absolute Gasteiger partial charge is 0.326 e. The van der Waals surface area contributed by atoms with Crippen LogP contribution >= 0.6 is 0 Å². The molecule has 98 valence electrons. The highest BCUT2D eigenvalue weighted by Crippen LogP contribution is 2.07. The Kier molecular flexibility index (Phi) is 6.69. The zero-order chi connectivity index (χ0) is 13.4. The van der Waals surface area contributed by atoms with Crippen molar-refractivity contribution in [2.45, 2.75) is 26.3 Å². The maximum atomic E-state index is 11.3. The number of carboxylic acid groups (broad SMARTS) is 1. The van der Waals surface area contributed by atoms with Crippen LogP contribution in [0.3, 0.4) is 0 Å². The van der Waals surface area contributed by atoms with Crippen molar-refractivity contribution in [3.8, 4) is 0 Å². The van der Waals surface area contributed by atoms with Gasteiger partial charge in [-0.1, -0.05) is 20.3 Å². The van der Waals surface area contributed by atoms with Crippen LogP contribution in [0, 0.1) is 5.92 Å². The number of carbonyl (C=O) groups is 3. The Bertz CT molecular complexity index is 292. The van der Waals surface area contributed by atoms with E-state index >= 15 is 0 Å². The van der Waals surface area contributed by atoms with Gasteiger partial charge in [0.05, 0.1) is 7.11 Å². The van der Waals surface area contributed by atoms with Crippen molar-refractivity contribution in [3.05, 3.63) is 0 Å². The molecule has 2 amide bonds. The molecule has 0 heterocycles. The van der Waals surface area contributed by atoms with Gasteiger partial charge in [0.1, 0.15) is 12.6 Å². The number of aliphatic carboxylic acids is 1. The Balaban J connectivity index is 4.22. The number of carbonyl (C=O) groups excluding carboxylic acids is 2. The van der Waals surface area contributed by atoms with E-state index in [0.717, 1.165) is 0 Å². The molecule has 0 rings (SSSR count). The monoisotopic (exact) mass is 246 g/mol. The number of amides is 2. The molecule has 2 atom stereocenters. The number of hydrogen-bond donors (Lipinski definition) is 3. The van der Waals surface area contributed by atoms with E-state index in [2.05, 4.69) is 15.4 Å². The molecule has 0 aliphatic heterocycles. The van der Waals surface area contributed by atoms with Gasteiger partial charge in [-0.2, -0.15) is 0 Å². The lowest BCUT2D eigenvalue weighted by molar-refractivity contribution is -0.140. The average Bonchev–Trinajstić information content (AvgIpc) is 2.31. The molecule has 2 unspecified atom stereocenters. The zero-order valence-electron chi connectivity index (χ0n) is 10.1. The molecular weight excluding hydrogens is 228 g/mol. The highest BCUT2D eigenvalue weighted by Gasteiger charge is 2.25. The van der Waals surface area contributed by atoms with Gasteiger partial charge in [0.2, 0.25) is 0 Å². The molecule has 0 aliphatic carbocycles. The number of esters is 1. The van der Waals surface area contributed by atoms with Crippen LogP contribution in [0.15, 0.2) is 0 Å². The molecule has 0 radical (unpaired) electrons.